The van der Waals surface area contributed by atoms with Gasteiger partial charge in [-0.2, -0.15) is 0 Å². The molecule has 2 saturated heterocycles. The Labute approximate surface area is 125 Å². The molecule has 2 heterocycles. The molecule has 0 aliphatic carbocycles. The normalized spacial score (nSPS) is 31.6. The molecule has 20 heavy (non-hydrogen) atoms. The highest BCUT2D eigenvalue weighted by Crippen LogP contribution is 2.32. The van der Waals surface area contributed by atoms with E-state index < -0.39 is 0 Å². The van der Waals surface area contributed by atoms with Crippen LogP contribution in [0.1, 0.15) is 60.3 Å². The lowest BCUT2D eigenvalue weighted by Gasteiger charge is -2.53. The molecule has 0 aromatic rings. The molecule has 1 N–H and O–H groups in total. The van der Waals surface area contributed by atoms with Gasteiger partial charge in [-0.05, 0) is 31.1 Å². The molecule has 2 aliphatic heterocycles. The minimum absolute atomic E-state index is 0.322. The first-order chi connectivity index (χ1) is 9.41. The van der Waals surface area contributed by atoms with Gasteiger partial charge in [0.05, 0.1) is 6.10 Å². The first kappa shape index (κ1) is 16.3. The van der Waals surface area contributed by atoms with Crippen LogP contribution in [-0.2, 0) is 4.74 Å². The maximum atomic E-state index is 5.90. The molecule has 2 unspecified atom stereocenters. The van der Waals surface area contributed by atoms with Crippen LogP contribution in [0.25, 0.3) is 0 Å². The molecule has 3 nitrogen and oxygen atoms in total. The van der Waals surface area contributed by atoms with Gasteiger partial charge in [0.1, 0.15) is 0 Å². The van der Waals surface area contributed by atoms with Gasteiger partial charge in [0.15, 0.2) is 0 Å². The van der Waals surface area contributed by atoms with Gasteiger partial charge in [0, 0.05) is 37.8 Å². The van der Waals surface area contributed by atoms with Gasteiger partial charge >= 0.3 is 0 Å². The molecule has 0 aromatic heterocycles. The molecule has 0 bridgehead atoms. The summed E-state index contributed by atoms with van der Waals surface area (Å²) in [5, 5.41) is 3.82. The first-order valence-corrected chi connectivity index (χ1v) is 8.51. The maximum absolute atomic E-state index is 5.90. The van der Waals surface area contributed by atoms with E-state index in [0.29, 0.717) is 23.1 Å². The van der Waals surface area contributed by atoms with Crippen molar-refractivity contribution < 1.29 is 4.74 Å². The van der Waals surface area contributed by atoms with Gasteiger partial charge in [-0.1, -0.05) is 34.6 Å². The van der Waals surface area contributed by atoms with Crippen molar-refractivity contribution in [3.8, 4) is 0 Å². The van der Waals surface area contributed by atoms with Crippen LogP contribution in [0.3, 0.4) is 0 Å². The second-order valence-electron chi connectivity index (χ2n) is 7.77. The Morgan fingerprint density at radius 3 is 2.45 bits per heavy atom. The minimum Gasteiger partial charge on any atom is -0.377 e. The van der Waals surface area contributed by atoms with Gasteiger partial charge in [-0.3, -0.25) is 4.90 Å². The fraction of sp³-hybridized carbons (Fsp3) is 1.00. The Balaban J connectivity index is 2.09. The van der Waals surface area contributed by atoms with Crippen LogP contribution in [0, 0.1) is 5.41 Å². The van der Waals surface area contributed by atoms with E-state index in [0.717, 1.165) is 26.2 Å². The van der Waals surface area contributed by atoms with Crippen LogP contribution in [0.4, 0.5) is 0 Å². The molecule has 3 heteroatoms. The average Bonchev–Trinajstić information content (AvgIpc) is 2.91. The second kappa shape index (κ2) is 6.33. The van der Waals surface area contributed by atoms with Gasteiger partial charge < -0.3 is 10.1 Å². The standard InChI is InChI=1S/C17H34N2O/c1-6-17(7-2)13-18-15(16(3,4)5)12-19(17)11-14-9-8-10-20-14/h14-15,18H,6-13H2,1-5H3. The zero-order chi connectivity index (χ0) is 14.8. The monoisotopic (exact) mass is 282 g/mol. The van der Waals surface area contributed by atoms with Gasteiger partial charge in [-0.25, -0.2) is 0 Å². The smallest absolute Gasteiger partial charge is 0.0703 e. The average molecular weight is 282 g/mol. The summed E-state index contributed by atoms with van der Waals surface area (Å²) in [6.45, 7) is 16.1. The Hall–Kier alpha value is -0.120. The number of ether oxygens (including phenoxy) is 1. The summed E-state index contributed by atoms with van der Waals surface area (Å²) in [7, 11) is 0. The predicted octanol–water partition coefficient (Wildman–Crippen LogP) is 3.04. The van der Waals surface area contributed by atoms with Crippen LogP contribution in [0.5, 0.6) is 0 Å². The molecule has 2 rings (SSSR count). The number of nitrogens with zero attached hydrogens (tertiary/aromatic N) is 1. The van der Waals surface area contributed by atoms with Crippen LogP contribution in [0.2, 0.25) is 0 Å². The van der Waals surface area contributed by atoms with Gasteiger partial charge in [-0.15, -0.1) is 0 Å². The summed E-state index contributed by atoms with van der Waals surface area (Å²) in [4.78, 5) is 2.75. The van der Waals surface area contributed by atoms with Crippen molar-refractivity contribution in [3.05, 3.63) is 0 Å². The van der Waals surface area contributed by atoms with E-state index in [-0.39, 0.29) is 0 Å². The topological polar surface area (TPSA) is 24.5 Å². The summed E-state index contributed by atoms with van der Waals surface area (Å²) in [5.41, 5.74) is 0.649. The molecule has 0 spiro atoms. The van der Waals surface area contributed by atoms with Crippen molar-refractivity contribution in [3.63, 3.8) is 0 Å². The summed E-state index contributed by atoms with van der Waals surface area (Å²) < 4.78 is 5.90. The van der Waals surface area contributed by atoms with Crippen molar-refractivity contribution in [1.82, 2.24) is 10.2 Å². The quantitative estimate of drug-likeness (QED) is 0.858. The molecular formula is C17H34N2O. The molecule has 0 amide bonds. The van der Waals surface area contributed by atoms with Crippen LogP contribution < -0.4 is 5.32 Å². The molecule has 0 aromatic carbocycles. The van der Waals surface area contributed by atoms with E-state index in [1.54, 1.807) is 0 Å². The number of piperazine rings is 1. The Morgan fingerprint density at radius 2 is 1.95 bits per heavy atom. The lowest BCUT2D eigenvalue weighted by atomic mass is 9.80. The first-order valence-electron chi connectivity index (χ1n) is 8.51. The molecule has 118 valence electrons. The number of nitrogens with one attached hydrogen (secondary N) is 1. The SMILES string of the molecule is CCC1(CC)CNC(C(C)(C)C)CN1CC1CCCO1. The van der Waals surface area contributed by atoms with Gasteiger partial charge in [0.25, 0.3) is 0 Å². The highest BCUT2D eigenvalue weighted by molar-refractivity contribution is 5.01. The van der Waals surface area contributed by atoms with Gasteiger partial charge in [0.2, 0.25) is 0 Å². The predicted molar refractivity (Wildman–Crippen MR) is 85.1 cm³/mol. The minimum atomic E-state index is 0.322. The molecule has 2 fully saturated rings. The van der Waals surface area contributed by atoms with E-state index in [1.165, 1.54) is 25.7 Å². The van der Waals surface area contributed by atoms with Crippen molar-refractivity contribution >= 4 is 0 Å². The number of hydrogen-bond donors (Lipinski definition) is 1. The Bertz CT molecular complexity index is 301. The third kappa shape index (κ3) is 3.37. The lowest BCUT2D eigenvalue weighted by Crippen LogP contribution is -2.67. The van der Waals surface area contributed by atoms with E-state index in [9.17, 15) is 0 Å². The van der Waals surface area contributed by atoms with E-state index in [1.807, 2.05) is 0 Å². The molecule has 2 aliphatic rings. The summed E-state index contributed by atoms with van der Waals surface area (Å²) in [6.07, 6.45) is 5.39. The van der Waals surface area contributed by atoms with Crippen molar-refractivity contribution in [2.45, 2.75) is 78.0 Å². The lowest BCUT2D eigenvalue weighted by molar-refractivity contribution is -0.0270. The molecule has 0 saturated carbocycles. The highest BCUT2D eigenvalue weighted by Gasteiger charge is 2.42. The molecule has 0 radical (unpaired) electrons. The van der Waals surface area contributed by atoms with Crippen molar-refractivity contribution in [2.75, 3.05) is 26.2 Å². The Kier molecular flexibility index (Phi) is 5.14. The molecule has 2 atom stereocenters. The summed E-state index contributed by atoms with van der Waals surface area (Å²) in [5.74, 6) is 0. The highest BCUT2D eigenvalue weighted by atomic mass is 16.5. The fourth-order valence-corrected chi connectivity index (χ4v) is 3.73. The summed E-state index contributed by atoms with van der Waals surface area (Å²) >= 11 is 0. The zero-order valence-corrected chi connectivity index (χ0v) is 14.2. The third-order valence-corrected chi connectivity index (χ3v) is 5.56. The van der Waals surface area contributed by atoms with Crippen LogP contribution in [-0.4, -0.2) is 48.8 Å². The van der Waals surface area contributed by atoms with Crippen molar-refractivity contribution in [1.29, 1.82) is 0 Å². The zero-order valence-electron chi connectivity index (χ0n) is 14.2. The summed E-state index contributed by atoms with van der Waals surface area (Å²) in [6, 6.07) is 0.579. The second-order valence-corrected chi connectivity index (χ2v) is 7.77. The van der Waals surface area contributed by atoms with E-state index in [2.05, 4.69) is 44.8 Å². The van der Waals surface area contributed by atoms with Crippen molar-refractivity contribution in [2.24, 2.45) is 5.41 Å². The maximum Gasteiger partial charge on any atom is 0.0703 e. The van der Waals surface area contributed by atoms with E-state index >= 15 is 0 Å². The third-order valence-electron chi connectivity index (χ3n) is 5.56. The van der Waals surface area contributed by atoms with E-state index in [4.69, 9.17) is 4.74 Å². The van der Waals surface area contributed by atoms with Crippen LogP contribution >= 0.6 is 0 Å². The fourth-order valence-electron chi connectivity index (χ4n) is 3.73. The largest absolute Gasteiger partial charge is 0.377 e. The molecular weight excluding hydrogens is 248 g/mol. The Morgan fingerprint density at radius 1 is 1.25 bits per heavy atom. The number of hydrogen-bond acceptors (Lipinski definition) is 3. The number of rotatable bonds is 4. The van der Waals surface area contributed by atoms with Crippen LogP contribution in [0.15, 0.2) is 0 Å².